The summed E-state index contributed by atoms with van der Waals surface area (Å²) in [6.45, 7) is 0. The Morgan fingerprint density at radius 1 is 1.03 bits per heavy atom. The molecule has 1 aliphatic heterocycles. The number of benzene rings is 2. The fourth-order valence-electron chi connectivity index (χ4n) is 3.73. The maximum atomic E-state index is 14.1. The molecule has 0 spiro atoms. The van der Waals surface area contributed by atoms with Crippen LogP contribution in [0.5, 0.6) is 0 Å². The van der Waals surface area contributed by atoms with Crippen LogP contribution in [0.3, 0.4) is 0 Å². The van der Waals surface area contributed by atoms with E-state index in [2.05, 4.69) is 5.16 Å². The zero-order valence-electron chi connectivity index (χ0n) is 16.3. The van der Waals surface area contributed by atoms with Crippen LogP contribution in [0, 0.1) is 0 Å². The van der Waals surface area contributed by atoms with Crippen LogP contribution in [-0.2, 0) is 10.4 Å². The van der Waals surface area contributed by atoms with Gasteiger partial charge < -0.3 is 10.6 Å². The summed E-state index contributed by atoms with van der Waals surface area (Å²) in [5.74, 6) is 0.397. The minimum Gasteiger partial charge on any atom is -0.374 e. The molecule has 3 nitrogen and oxygen atoms in total. The van der Waals surface area contributed by atoms with Crippen molar-refractivity contribution < 1.29 is 22.4 Å². The van der Waals surface area contributed by atoms with E-state index in [4.69, 9.17) is 45.4 Å². The van der Waals surface area contributed by atoms with Gasteiger partial charge in [0.1, 0.15) is 0 Å². The average molecular weight is 498 g/mol. The lowest BCUT2D eigenvalue weighted by molar-refractivity contribution is -0.275. The lowest BCUT2D eigenvalue weighted by Gasteiger charge is -2.32. The maximum Gasteiger partial charge on any atom is 0.435 e. The smallest absolute Gasteiger partial charge is 0.374 e. The molecule has 1 saturated carbocycles. The van der Waals surface area contributed by atoms with E-state index in [0.29, 0.717) is 18.7 Å². The van der Waals surface area contributed by atoms with Gasteiger partial charge in [-0.3, -0.25) is 4.39 Å². The van der Waals surface area contributed by atoms with Crippen molar-refractivity contribution in [2.45, 2.75) is 43.0 Å². The molecule has 168 valence electrons. The Morgan fingerprint density at radius 2 is 1.58 bits per heavy atom. The number of alkyl halides is 4. The van der Waals surface area contributed by atoms with Gasteiger partial charge in [-0.15, -0.1) is 0 Å². The second-order valence-electron chi connectivity index (χ2n) is 7.44. The van der Waals surface area contributed by atoms with E-state index in [0.717, 1.165) is 30.5 Å². The van der Waals surface area contributed by atoms with Gasteiger partial charge in [0, 0.05) is 18.0 Å². The average Bonchev–Trinajstić information content (AvgIpc) is 3.18. The van der Waals surface area contributed by atoms with Crippen LogP contribution in [0.15, 0.2) is 41.6 Å². The molecular weight excluding hydrogens is 479 g/mol. The Balaban J connectivity index is 0.00000132. The summed E-state index contributed by atoms with van der Waals surface area (Å²) < 4.78 is 51.8. The van der Waals surface area contributed by atoms with Crippen LogP contribution < -0.4 is 5.73 Å². The van der Waals surface area contributed by atoms with E-state index in [9.17, 15) is 17.6 Å². The number of nitrogens with zero attached hydrogens (tertiary/aromatic N) is 1. The molecule has 1 fully saturated rings. The summed E-state index contributed by atoms with van der Waals surface area (Å²) in [4.78, 5) is 5.02. The van der Waals surface area contributed by atoms with Gasteiger partial charge in [-0.25, -0.2) is 0 Å². The van der Waals surface area contributed by atoms with Crippen molar-refractivity contribution in [2.24, 2.45) is 10.9 Å². The first-order valence-corrected chi connectivity index (χ1v) is 10.4. The van der Waals surface area contributed by atoms with Gasteiger partial charge in [0.15, 0.2) is 0 Å². The third kappa shape index (κ3) is 4.51. The van der Waals surface area contributed by atoms with E-state index in [1.807, 2.05) is 12.1 Å². The minimum absolute atomic E-state index is 0.0140. The Morgan fingerprint density at radius 3 is 2.06 bits per heavy atom. The predicted molar refractivity (Wildman–Crippen MR) is 115 cm³/mol. The molecule has 1 atom stereocenters. The molecule has 0 radical (unpaired) electrons. The van der Waals surface area contributed by atoms with Crippen molar-refractivity contribution in [3.63, 3.8) is 0 Å². The summed E-state index contributed by atoms with van der Waals surface area (Å²) in [7, 11) is 0.500. The fraction of sp³-hybridized carbons (Fsp3) is 0.381. The number of rotatable bonds is 3. The monoisotopic (exact) mass is 496 g/mol. The predicted octanol–water partition coefficient (Wildman–Crippen LogP) is 7.02. The van der Waals surface area contributed by atoms with E-state index in [1.165, 1.54) is 0 Å². The molecule has 2 aromatic rings. The number of halogens is 7. The normalized spacial score (nSPS) is 25.1. The van der Waals surface area contributed by atoms with Gasteiger partial charge in [-0.1, -0.05) is 64.2 Å². The van der Waals surface area contributed by atoms with E-state index < -0.39 is 18.2 Å². The van der Waals surface area contributed by atoms with Crippen LogP contribution in [0.4, 0.5) is 17.6 Å². The van der Waals surface area contributed by atoms with E-state index in [1.54, 1.807) is 12.1 Å². The van der Waals surface area contributed by atoms with Gasteiger partial charge in [0.05, 0.1) is 28.0 Å². The Bertz CT molecular complexity index is 953. The highest BCUT2D eigenvalue weighted by atomic mass is 35.5. The summed E-state index contributed by atoms with van der Waals surface area (Å²) in [6.07, 6.45) is -3.42. The summed E-state index contributed by atoms with van der Waals surface area (Å²) in [5, 5.41) is 3.58. The molecule has 1 aliphatic carbocycles. The maximum absolute atomic E-state index is 14.1. The van der Waals surface area contributed by atoms with Crippen LogP contribution in [-0.4, -0.2) is 25.1 Å². The van der Waals surface area contributed by atoms with Crippen molar-refractivity contribution in [1.82, 2.24) is 0 Å². The van der Waals surface area contributed by atoms with Gasteiger partial charge in [-0.2, -0.15) is 13.2 Å². The third-order valence-corrected chi connectivity index (χ3v) is 6.72. The molecular formula is C21H19Cl3F4N2O. The summed E-state index contributed by atoms with van der Waals surface area (Å²) in [6, 6.07) is 9.77. The number of hydrogen-bond acceptors (Lipinski definition) is 3. The van der Waals surface area contributed by atoms with Crippen molar-refractivity contribution in [3.05, 3.63) is 68.2 Å². The van der Waals surface area contributed by atoms with Gasteiger partial charge in [-0.05, 0) is 42.0 Å². The van der Waals surface area contributed by atoms with Crippen LogP contribution >= 0.6 is 34.8 Å². The van der Waals surface area contributed by atoms with Gasteiger partial charge >= 0.3 is 6.18 Å². The molecule has 1 heterocycles. The van der Waals surface area contributed by atoms with Crippen LogP contribution in [0.1, 0.15) is 41.9 Å². The zero-order valence-corrected chi connectivity index (χ0v) is 18.6. The Kier molecular flexibility index (Phi) is 7.11. The van der Waals surface area contributed by atoms with Crippen molar-refractivity contribution in [1.29, 1.82) is 0 Å². The number of nitrogens with two attached hydrogens (primary N) is 1. The molecule has 0 saturated heterocycles. The van der Waals surface area contributed by atoms with Crippen LogP contribution in [0.2, 0.25) is 15.1 Å². The highest BCUT2D eigenvalue weighted by molar-refractivity contribution is 6.48. The molecule has 0 amide bonds. The zero-order chi connectivity index (χ0) is 23.0. The van der Waals surface area contributed by atoms with Crippen molar-refractivity contribution in [2.75, 3.05) is 7.18 Å². The number of hydrogen-bond donors (Lipinski definition) is 1. The van der Waals surface area contributed by atoms with Crippen LogP contribution in [0.25, 0.3) is 0 Å². The largest absolute Gasteiger partial charge is 0.435 e. The molecule has 2 aromatic carbocycles. The molecule has 2 aliphatic rings. The highest BCUT2D eigenvalue weighted by Gasteiger charge is 2.62. The second-order valence-corrected chi connectivity index (χ2v) is 8.63. The highest BCUT2D eigenvalue weighted by Crippen LogP contribution is 2.50. The third-order valence-electron chi connectivity index (χ3n) is 5.53. The van der Waals surface area contributed by atoms with E-state index in [-0.39, 0.29) is 32.4 Å². The first-order chi connectivity index (χ1) is 14.6. The van der Waals surface area contributed by atoms with Crippen molar-refractivity contribution in [3.8, 4) is 0 Å². The Labute approximate surface area is 192 Å². The number of oxime groups is 1. The minimum atomic E-state index is -4.75. The molecule has 2 N–H and O–H groups in total. The summed E-state index contributed by atoms with van der Waals surface area (Å²) >= 11 is 17.8. The molecule has 10 heteroatoms. The van der Waals surface area contributed by atoms with E-state index >= 15 is 0 Å². The molecule has 0 bridgehead atoms. The lowest BCUT2D eigenvalue weighted by atomic mass is 9.76. The molecule has 1 unspecified atom stereocenters. The van der Waals surface area contributed by atoms with Gasteiger partial charge in [0.25, 0.3) is 5.60 Å². The SMILES string of the molecule is CF.NC1CC(c2ccc(C3=NOC(c4cc(Cl)c(Cl)c(Cl)c4)(C(F)(F)F)C3)cc2)C1. The first kappa shape index (κ1) is 24.1. The molecule has 0 aromatic heterocycles. The standard InChI is InChI=1S/C20H16Cl3F3N2O.CH3F/c21-15-7-13(8-16(22)18(15)23)19(20(24,25)26)9-17(28-29-19)11-3-1-10(2-4-11)12-5-14(27)6-12;1-2/h1-4,7-8,12,14H,5-6,9,27H2;1H3. The lowest BCUT2D eigenvalue weighted by Crippen LogP contribution is -2.42. The first-order valence-electron chi connectivity index (χ1n) is 9.31. The Hall–Kier alpha value is -1.54. The van der Waals surface area contributed by atoms with Crippen molar-refractivity contribution >= 4 is 40.5 Å². The second kappa shape index (κ2) is 9.14. The molecule has 4 rings (SSSR count). The fourth-order valence-corrected chi connectivity index (χ4v) is 4.33. The topological polar surface area (TPSA) is 47.6 Å². The quantitative estimate of drug-likeness (QED) is 0.366. The molecule has 31 heavy (non-hydrogen) atoms. The summed E-state index contributed by atoms with van der Waals surface area (Å²) in [5.41, 5.74) is 4.77. The van der Waals surface area contributed by atoms with Gasteiger partial charge in [0.2, 0.25) is 0 Å².